The fourth-order valence-electron chi connectivity index (χ4n) is 1.62. The van der Waals surface area contributed by atoms with Crippen LogP contribution in [-0.2, 0) is 6.54 Å². The highest BCUT2D eigenvalue weighted by atomic mass is 35.5. The van der Waals surface area contributed by atoms with Gasteiger partial charge in [0.1, 0.15) is 5.75 Å². The molecule has 0 radical (unpaired) electrons. The van der Waals surface area contributed by atoms with Crippen molar-refractivity contribution in [3.8, 4) is 5.75 Å². The summed E-state index contributed by atoms with van der Waals surface area (Å²) < 4.78 is 0. The molecule has 0 fully saturated rings. The molecule has 1 amide bonds. The van der Waals surface area contributed by atoms with Crippen molar-refractivity contribution in [3.63, 3.8) is 0 Å². The first-order valence-corrected chi connectivity index (χ1v) is 6.15. The van der Waals surface area contributed by atoms with E-state index in [9.17, 15) is 14.7 Å². The van der Waals surface area contributed by atoms with Gasteiger partial charge in [-0.2, -0.15) is 0 Å². The second kappa shape index (κ2) is 6.16. The van der Waals surface area contributed by atoms with Crippen molar-refractivity contribution >= 4 is 22.8 Å². The van der Waals surface area contributed by atoms with Gasteiger partial charge in [0, 0.05) is 24.5 Å². The number of nitrogens with one attached hydrogen (secondary N) is 1. The molecule has 2 rings (SSSR count). The molecule has 2 N–H and O–H groups in total. The molecule has 0 unspecified atom stereocenters. The predicted molar refractivity (Wildman–Crippen MR) is 73.7 cm³/mol. The van der Waals surface area contributed by atoms with Crippen molar-refractivity contribution in [1.82, 2.24) is 10.3 Å². The van der Waals surface area contributed by atoms with Gasteiger partial charge in [0.05, 0.1) is 5.56 Å². The Bertz CT molecular complexity index is 644. The van der Waals surface area contributed by atoms with Gasteiger partial charge < -0.3 is 10.4 Å². The summed E-state index contributed by atoms with van der Waals surface area (Å²) in [6.07, 6.45) is 3.26. The molecule has 0 aliphatic heterocycles. The number of amides is 1. The van der Waals surface area contributed by atoms with E-state index in [2.05, 4.69) is 10.3 Å². The quantitative estimate of drug-likeness (QED) is 0.845. The van der Waals surface area contributed by atoms with E-state index in [4.69, 9.17) is 11.6 Å². The molecule has 1 aromatic heterocycles. The Labute approximate surface area is 120 Å². The Morgan fingerprint density at radius 3 is 2.75 bits per heavy atom. The van der Waals surface area contributed by atoms with Crippen molar-refractivity contribution in [2.45, 2.75) is 6.54 Å². The lowest BCUT2D eigenvalue weighted by Gasteiger charge is -2.07. The number of carbonyl (C=O) groups is 2. The second-order valence-corrected chi connectivity index (χ2v) is 4.39. The van der Waals surface area contributed by atoms with Crippen LogP contribution >= 0.6 is 11.6 Å². The van der Waals surface area contributed by atoms with Crippen LogP contribution in [0, 0.1) is 0 Å². The number of halogens is 1. The van der Waals surface area contributed by atoms with Crippen molar-refractivity contribution in [2.24, 2.45) is 0 Å². The maximum Gasteiger partial charge on any atom is 0.255 e. The lowest BCUT2D eigenvalue weighted by Crippen LogP contribution is -2.23. The van der Waals surface area contributed by atoms with E-state index in [0.29, 0.717) is 0 Å². The zero-order chi connectivity index (χ0) is 14.5. The highest BCUT2D eigenvalue weighted by Crippen LogP contribution is 2.19. The van der Waals surface area contributed by atoms with Crippen molar-refractivity contribution in [1.29, 1.82) is 0 Å². The molecule has 0 saturated heterocycles. The molecule has 20 heavy (non-hydrogen) atoms. The Hall–Kier alpha value is -2.40. The van der Waals surface area contributed by atoms with Crippen LogP contribution in [0.25, 0.3) is 0 Å². The molecule has 0 aliphatic carbocycles. The number of phenols is 1. The van der Waals surface area contributed by atoms with E-state index in [-0.39, 0.29) is 23.4 Å². The van der Waals surface area contributed by atoms with Gasteiger partial charge in [0.2, 0.25) is 0 Å². The molecule has 0 atom stereocenters. The maximum absolute atomic E-state index is 12.0. The summed E-state index contributed by atoms with van der Waals surface area (Å²) in [7, 11) is 0. The third-order valence-corrected chi connectivity index (χ3v) is 2.86. The number of phenolic OH excluding ortho intramolecular Hbond substituents is 1. The van der Waals surface area contributed by atoms with Gasteiger partial charge in [0.25, 0.3) is 11.1 Å². The molecule has 0 bridgehead atoms. The summed E-state index contributed by atoms with van der Waals surface area (Å²) in [5, 5.41) is 11.6. The third-order valence-electron chi connectivity index (χ3n) is 2.64. The van der Waals surface area contributed by atoms with Gasteiger partial charge >= 0.3 is 0 Å². The summed E-state index contributed by atoms with van der Waals surface area (Å²) in [5.41, 5.74) is 0.973. The minimum absolute atomic E-state index is 0.000361. The average Bonchev–Trinajstić information content (AvgIpc) is 2.46. The fourth-order valence-corrected chi connectivity index (χ4v) is 1.74. The van der Waals surface area contributed by atoms with Crippen LogP contribution in [0.1, 0.15) is 26.3 Å². The van der Waals surface area contributed by atoms with E-state index >= 15 is 0 Å². The normalized spacial score (nSPS) is 10.1. The monoisotopic (exact) mass is 290 g/mol. The minimum atomic E-state index is -0.689. The van der Waals surface area contributed by atoms with Gasteiger partial charge in [-0.15, -0.1) is 0 Å². The van der Waals surface area contributed by atoms with E-state index in [1.54, 1.807) is 18.5 Å². The number of hydrogen-bond acceptors (Lipinski definition) is 4. The highest BCUT2D eigenvalue weighted by molar-refractivity contribution is 6.67. The number of hydrogen-bond donors (Lipinski definition) is 2. The zero-order valence-corrected chi connectivity index (χ0v) is 11.1. The summed E-state index contributed by atoms with van der Waals surface area (Å²) in [6.45, 7) is 0.269. The lowest BCUT2D eigenvalue weighted by molar-refractivity contribution is 0.0948. The number of aromatic nitrogens is 1. The molecule has 5 nitrogen and oxygen atoms in total. The van der Waals surface area contributed by atoms with Gasteiger partial charge in [-0.05, 0) is 41.4 Å². The molecule has 1 heterocycles. The smallest absolute Gasteiger partial charge is 0.255 e. The minimum Gasteiger partial charge on any atom is -0.507 e. The zero-order valence-electron chi connectivity index (χ0n) is 10.3. The molecule has 0 spiro atoms. The Morgan fingerprint density at radius 1 is 1.30 bits per heavy atom. The molecular weight excluding hydrogens is 280 g/mol. The fraction of sp³-hybridized carbons (Fsp3) is 0.0714. The summed E-state index contributed by atoms with van der Waals surface area (Å²) >= 11 is 5.34. The molecule has 6 heteroatoms. The van der Waals surface area contributed by atoms with E-state index < -0.39 is 11.1 Å². The average molecular weight is 291 g/mol. The third kappa shape index (κ3) is 3.33. The van der Waals surface area contributed by atoms with Crippen LogP contribution in [0.3, 0.4) is 0 Å². The first kappa shape index (κ1) is 14.0. The lowest BCUT2D eigenvalue weighted by atomic mass is 10.1. The largest absolute Gasteiger partial charge is 0.507 e. The topological polar surface area (TPSA) is 79.3 Å². The van der Waals surface area contributed by atoms with Gasteiger partial charge in [0.15, 0.2) is 0 Å². The Kier molecular flexibility index (Phi) is 4.32. The Balaban J connectivity index is 2.13. The molecule has 1 aromatic carbocycles. The number of carbonyl (C=O) groups excluding carboxylic acids is 2. The van der Waals surface area contributed by atoms with Crippen molar-refractivity contribution < 1.29 is 14.7 Å². The van der Waals surface area contributed by atoms with Crippen molar-refractivity contribution in [3.05, 3.63) is 59.4 Å². The molecule has 102 valence electrons. The highest BCUT2D eigenvalue weighted by Gasteiger charge is 2.13. The van der Waals surface area contributed by atoms with E-state index in [1.807, 2.05) is 6.07 Å². The van der Waals surface area contributed by atoms with Gasteiger partial charge in [-0.1, -0.05) is 6.07 Å². The van der Waals surface area contributed by atoms with Crippen LogP contribution in [0.2, 0.25) is 0 Å². The van der Waals surface area contributed by atoms with Crippen LogP contribution < -0.4 is 5.32 Å². The Morgan fingerprint density at radius 2 is 2.10 bits per heavy atom. The number of aromatic hydroxyl groups is 1. The van der Waals surface area contributed by atoms with Gasteiger partial charge in [-0.3, -0.25) is 14.6 Å². The molecule has 0 saturated carbocycles. The molecule has 2 aromatic rings. The van der Waals surface area contributed by atoms with E-state index in [0.717, 1.165) is 5.56 Å². The first-order chi connectivity index (χ1) is 9.58. The van der Waals surface area contributed by atoms with E-state index in [1.165, 1.54) is 18.2 Å². The number of nitrogens with zero attached hydrogens (tertiary/aromatic N) is 1. The predicted octanol–water partition coefficient (Wildman–Crippen LogP) is 2.10. The second-order valence-electron chi connectivity index (χ2n) is 4.05. The van der Waals surface area contributed by atoms with Gasteiger partial charge in [-0.25, -0.2) is 0 Å². The van der Waals surface area contributed by atoms with Crippen LogP contribution in [-0.4, -0.2) is 21.2 Å². The van der Waals surface area contributed by atoms with Crippen molar-refractivity contribution in [2.75, 3.05) is 0 Å². The first-order valence-electron chi connectivity index (χ1n) is 5.78. The number of rotatable bonds is 4. The van der Waals surface area contributed by atoms with Crippen LogP contribution in [0.4, 0.5) is 0 Å². The molecular formula is C14H11ClN2O3. The van der Waals surface area contributed by atoms with Crippen LogP contribution in [0.5, 0.6) is 5.75 Å². The number of benzene rings is 1. The SMILES string of the molecule is O=C(Cl)c1ccc(O)c(C(=O)NCc2cccnc2)c1. The summed E-state index contributed by atoms with van der Waals surface area (Å²) in [4.78, 5) is 26.9. The maximum atomic E-state index is 12.0. The molecule has 0 aliphatic rings. The van der Waals surface area contributed by atoms with Crippen LogP contribution in [0.15, 0.2) is 42.7 Å². The number of pyridine rings is 1. The standard InChI is InChI=1S/C14H11ClN2O3/c15-13(19)10-3-4-12(18)11(6-10)14(20)17-8-9-2-1-5-16-7-9/h1-7,18H,8H2,(H,17,20). The summed E-state index contributed by atoms with van der Waals surface area (Å²) in [5.74, 6) is -0.707. The summed E-state index contributed by atoms with van der Waals surface area (Å²) in [6, 6.07) is 7.43.